The predicted octanol–water partition coefficient (Wildman–Crippen LogP) is 4.34. The summed E-state index contributed by atoms with van der Waals surface area (Å²) in [5.41, 5.74) is 2.88. The summed E-state index contributed by atoms with van der Waals surface area (Å²) in [6.07, 6.45) is 1.43. The van der Waals surface area contributed by atoms with Gasteiger partial charge in [0.2, 0.25) is 0 Å². The zero-order valence-electron chi connectivity index (χ0n) is 13.1. The molecule has 0 aliphatic heterocycles. The molecule has 122 valence electrons. The molecule has 0 unspecified atom stereocenters. The quantitative estimate of drug-likeness (QED) is 0.737. The first kappa shape index (κ1) is 16.0. The molecule has 1 aromatic carbocycles. The smallest absolute Gasteiger partial charge is 0.292 e. The maximum Gasteiger partial charge on any atom is 0.292 e. The molecule has 0 atom stereocenters. The van der Waals surface area contributed by atoms with Crippen LogP contribution in [0.15, 0.2) is 47.1 Å². The number of amides is 1. The minimum absolute atomic E-state index is 0.209. The van der Waals surface area contributed by atoms with E-state index in [1.54, 1.807) is 24.3 Å². The van der Waals surface area contributed by atoms with Gasteiger partial charge >= 0.3 is 0 Å². The third-order valence-corrected chi connectivity index (χ3v) is 3.63. The number of benzene rings is 1. The summed E-state index contributed by atoms with van der Waals surface area (Å²) in [6, 6.07) is 10.5. The van der Waals surface area contributed by atoms with Crippen molar-refractivity contribution in [1.82, 2.24) is 10.2 Å². The Morgan fingerprint density at radius 1 is 1.12 bits per heavy atom. The van der Waals surface area contributed by atoms with Gasteiger partial charge in [-0.3, -0.25) is 4.79 Å². The molecule has 24 heavy (non-hydrogen) atoms. The van der Waals surface area contributed by atoms with E-state index in [0.717, 1.165) is 16.8 Å². The van der Waals surface area contributed by atoms with Gasteiger partial charge in [0.05, 0.1) is 17.0 Å². The molecule has 7 heteroatoms. The molecular weight excluding hydrogens is 328 g/mol. The molecule has 2 heterocycles. The number of hydrogen-bond acceptors (Lipinski definition) is 5. The van der Waals surface area contributed by atoms with Crippen molar-refractivity contribution in [3.8, 4) is 0 Å². The number of furan rings is 1. The topological polar surface area (TPSA) is 80.0 Å². The molecule has 3 rings (SSSR count). The van der Waals surface area contributed by atoms with Crippen molar-refractivity contribution < 1.29 is 9.21 Å². The maximum atomic E-state index is 11.9. The van der Waals surface area contributed by atoms with Crippen molar-refractivity contribution in [2.45, 2.75) is 13.8 Å². The molecule has 0 bridgehead atoms. The molecule has 2 aromatic heterocycles. The predicted molar refractivity (Wildman–Crippen MR) is 92.9 cm³/mol. The van der Waals surface area contributed by atoms with Crippen LogP contribution in [0.3, 0.4) is 0 Å². The van der Waals surface area contributed by atoms with Gasteiger partial charge in [0, 0.05) is 0 Å². The van der Waals surface area contributed by atoms with Crippen LogP contribution in [0.5, 0.6) is 0 Å². The lowest BCUT2D eigenvalue weighted by Crippen LogP contribution is -2.12. The molecule has 3 aromatic rings. The lowest BCUT2D eigenvalue weighted by atomic mass is 10.1. The van der Waals surface area contributed by atoms with Gasteiger partial charge in [0.25, 0.3) is 5.91 Å². The number of aromatic nitrogens is 2. The van der Waals surface area contributed by atoms with E-state index in [1.165, 1.54) is 6.26 Å². The van der Waals surface area contributed by atoms with E-state index in [9.17, 15) is 4.79 Å². The van der Waals surface area contributed by atoms with E-state index < -0.39 is 0 Å². The van der Waals surface area contributed by atoms with Crippen molar-refractivity contribution in [2.75, 3.05) is 10.6 Å². The molecular formula is C17H15ClN4O2. The van der Waals surface area contributed by atoms with Gasteiger partial charge in [-0.05, 0) is 55.3 Å². The highest BCUT2D eigenvalue weighted by atomic mass is 35.5. The summed E-state index contributed by atoms with van der Waals surface area (Å²) >= 11 is 6.26. The Morgan fingerprint density at radius 3 is 2.50 bits per heavy atom. The molecule has 0 saturated carbocycles. The number of nitrogens with one attached hydrogen (secondary N) is 2. The van der Waals surface area contributed by atoms with Gasteiger partial charge in [-0.2, -0.15) is 0 Å². The number of anilines is 3. The SMILES string of the molecule is Cc1cc(C)c(Nc2ccc(NC(=O)c3ccco3)nn2)c(Cl)c1. The summed E-state index contributed by atoms with van der Waals surface area (Å²) in [7, 11) is 0. The van der Waals surface area contributed by atoms with Gasteiger partial charge in [0.15, 0.2) is 17.4 Å². The molecule has 6 nitrogen and oxygen atoms in total. The van der Waals surface area contributed by atoms with Crippen LogP contribution in [0.25, 0.3) is 0 Å². The van der Waals surface area contributed by atoms with Crippen molar-refractivity contribution in [1.29, 1.82) is 0 Å². The summed E-state index contributed by atoms with van der Waals surface area (Å²) in [4.78, 5) is 11.9. The second-order valence-corrected chi connectivity index (χ2v) is 5.71. The van der Waals surface area contributed by atoms with Crippen LogP contribution >= 0.6 is 11.6 Å². The molecule has 0 radical (unpaired) electrons. The molecule has 0 aliphatic rings. The van der Waals surface area contributed by atoms with Crippen LogP contribution in [0.1, 0.15) is 21.7 Å². The van der Waals surface area contributed by atoms with Gasteiger partial charge in [-0.25, -0.2) is 0 Å². The lowest BCUT2D eigenvalue weighted by molar-refractivity contribution is 0.0996. The summed E-state index contributed by atoms with van der Waals surface area (Å²) in [5.74, 6) is 0.682. The second-order valence-electron chi connectivity index (χ2n) is 5.30. The number of rotatable bonds is 4. The van der Waals surface area contributed by atoms with Crippen molar-refractivity contribution in [3.05, 3.63) is 64.6 Å². The highest BCUT2D eigenvalue weighted by Gasteiger charge is 2.10. The first-order chi connectivity index (χ1) is 11.5. The van der Waals surface area contributed by atoms with Crippen LogP contribution in [0.4, 0.5) is 17.3 Å². The molecule has 0 spiro atoms. The maximum absolute atomic E-state index is 11.9. The molecule has 1 amide bonds. The summed E-state index contributed by atoms with van der Waals surface area (Å²) in [5, 5.41) is 14.4. The Kier molecular flexibility index (Phi) is 4.48. The van der Waals surface area contributed by atoms with Crippen LogP contribution in [-0.2, 0) is 0 Å². The van der Waals surface area contributed by atoms with Crippen molar-refractivity contribution >= 4 is 34.8 Å². The van der Waals surface area contributed by atoms with E-state index in [2.05, 4.69) is 20.8 Å². The third-order valence-electron chi connectivity index (χ3n) is 3.34. The van der Waals surface area contributed by atoms with Crippen LogP contribution in [0.2, 0.25) is 5.02 Å². The molecule has 2 N–H and O–H groups in total. The van der Waals surface area contributed by atoms with Gasteiger partial charge in [-0.15, -0.1) is 10.2 Å². The minimum Gasteiger partial charge on any atom is -0.459 e. The fraction of sp³-hybridized carbons (Fsp3) is 0.118. The Morgan fingerprint density at radius 2 is 1.88 bits per heavy atom. The molecule has 0 saturated heterocycles. The van der Waals surface area contributed by atoms with Gasteiger partial charge < -0.3 is 15.1 Å². The van der Waals surface area contributed by atoms with E-state index in [-0.39, 0.29) is 11.7 Å². The average Bonchev–Trinajstić information content (AvgIpc) is 3.07. The summed E-state index contributed by atoms with van der Waals surface area (Å²) < 4.78 is 5.02. The number of carbonyl (C=O) groups is 1. The summed E-state index contributed by atoms with van der Waals surface area (Å²) in [6.45, 7) is 3.95. The minimum atomic E-state index is -0.382. The van der Waals surface area contributed by atoms with E-state index in [1.807, 2.05) is 26.0 Å². The number of hydrogen-bond donors (Lipinski definition) is 2. The van der Waals surface area contributed by atoms with E-state index >= 15 is 0 Å². The monoisotopic (exact) mass is 342 g/mol. The Bertz CT molecular complexity index is 838. The fourth-order valence-corrected chi connectivity index (χ4v) is 2.62. The normalized spacial score (nSPS) is 10.5. The first-order valence-corrected chi connectivity index (χ1v) is 7.63. The number of aryl methyl sites for hydroxylation is 2. The van der Waals surface area contributed by atoms with E-state index in [4.69, 9.17) is 16.0 Å². The highest BCUT2D eigenvalue weighted by molar-refractivity contribution is 6.33. The number of nitrogens with zero attached hydrogens (tertiary/aromatic N) is 2. The highest BCUT2D eigenvalue weighted by Crippen LogP contribution is 2.29. The van der Waals surface area contributed by atoms with Gasteiger partial charge in [-0.1, -0.05) is 17.7 Å². The van der Waals surface area contributed by atoms with Crippen LogP contribution < -0.4 is 10.6 Å². The van der Waals surface area contributed by atoms with Crippen LogP contribution in [-0.4, -0.2) is 16.1 Å². The standard InChI is InChI=1S/C17H15ClN4O2/c1-10-8-11(2)16(12(18)9-10)19-14-5-6-15(22-21-14)20-17(23)13-4-3-7-24-13/h3-9H,1-2H3,(H,19,21)(H,20,22,23). The fourth-order valence-electron chi connectivity index (χ4n) is 2.25. The van der Waals surface area contributed by atoms with E-state index in [0.29, 0.717) is 16.7 Å². The Labute approximate surface area is 143 Å². The first-order valence-electron chi connectivity index (χ1n) is 7.25. The largest absolute Gasteiger partial charge is 0.459 e. The van der Waals surface area contributed by atoms with Crippen molar-refractivity contribution in [3.63, 3.8) is 0 Å². The van der Waals surface area contributed by atoms with Crippen LogP contribution in [0, 0.1) is 13.8 Å². The Balaban J connectivity index is 1.72. The average molecular weight is 343 g/mol. The van der Waals surface area contributed by atoms with Crippen molar-refractivity contribution in [2.24, 2.45) is 0 Å². The number of carbonyl (C=O) groups excluding carboxylic acids is 1. The molecule has 0 fully saturated rings. The third kappa shape index (κ3) is 3.55. The zero-order chi connectivity index (χ0) is 17.1. The zero-order valence-corrected chi connectivity index (χ0v) is 13.9. The number of halogens is 1. The Hall–Kier alpha value is -2.86. The van der Waals surface area contributed by atoms with Gasteiger partial charge in [0.1, 0.15) is 0 Å². The lowest BCUT2D eigenvalue weighted by Gasteiger charge is -2.11. The second kappa shape index (κ2) is 6.72. The molecule has 0 aliphatic carbocycles.